The van der Waals surface area contributed by atoms with Gasteiger partial charge in [0.1, 0.15) is 18.8 Å². The maximum atomic E-state index is 13.1. The molecule has 8 nitrogen and oxygen atoms in total. The number of nitrogens with two attached hydrogens (primary N) is 2. The number of rotatable bonds is 10. The van der Waals surface area contributed by atoms with Gasteiger partial charge >= 0.3 is 6.18 Å². The molecule has 3 amide bonds. The molecule has 0 saturated heterocycles. The fourth-order valence-corrected chi connectivity index (χ4v) is 4.02. The van der Waals surface area contributed by atoms with E-state index >= 15 is 0 Å². The number of hydrogen-bond acceptors (Lipinski definition) is 5. The minimum Gasteiger partial charge on any atom is -0.490 e. The van der Waals surface area contributed by atoms with Crippen LogP contribution >= 0.6 is 0 Å². The molecule has 1 aliphatic rings. The Labute approximate surface area is 200 Å². The van der Waals surface area contributed by atoms with Gasteiger partial charge in [-0.1, -0.05) is 25.1 Å². The zero-order valence-corrected chi connectivity index (χ0v) is 19.1. The minimum atomic E-state index is -4.54. The van der Waals surface area contributed by atoms with Crippen molar-refractivity contribution in [3.8, 4) is 5.75 Å². The summed E-state index contributed by atoms with van der Waals surface area (Å²) in [5, 5.41) is 1.80. The first-order valence-corrected chi connectivity index (χ1v) is 11.1. The largest absolute Gasteiger partial charge is 0.490 e. The Hall–Kier alpha value is -3.76. The summed E-state index contributed by atoms with van der Waals surface area (Å²) in [6.07, 6.45) is -3.34. The zero-order chi connectivity index (χ0) is 25.8. The lowest BCUT2D eigenvalue weighted by molar-refractivity contribution is -0.138. The number of nitrogens with zero attached hydrogens (tertiary/aromatic N) is 1. The third-order valence-electron chi connectivity index (χ3n) is 5.78. The zero-order valence-electron chi connectivity index (χ0n) is 19.1. The van der Waals surface area contributed by atoms with Gasteiger partial charge in [-0.15, -0.1) is 0 Å². The SMILES string of the molecule is CCC(CCC1C(=O)N(CC(=O)NCC(F)(F)F)c2ccccc21)Oc1ccc(N)c(C(N)=O)c1. The molecule has 2 atom stereocenters. The van der Waals surface area contributed by atoms with E-state index in [9.17, 15) is 27.6 Å². The molecule has 0 saturated carbocycles. The van der Waals surface area contributed by atoms with Crippen molar-refractivity contribution in [2.45, 2.75) is 44.4 Å². The lowest BCUT2D eigenvalue weighted by Crippen LogP contribution is -2.42. The van der Waals surface area contributed by atoms with Gasteiger partial charge in [0.2, 0.25) is 11.8 Å². The van der Waals surface area contributed by atoms with Crippen molar-refractivity contribution < 1.29 is 32.3 Å². The Balaban J connectivity index is 1.68. The first-order valence-electron chi connectivity index (χ1n) is 11.1. The van der Waals surface area contributed by atoms with Gasteiger partial charge in [-0.05, 0) is 49.1 Å². The van der Waals surface area contributed by atoms with E-state index in [1.807, 2.05) is 6.92 Å². The second-order valence-corrected chi connectivity index (χ2v) is 8.27. The lowest BCUT2D eigenvalue weighted by Gasteiger charge is -2.21. The normalized spacial score (nSPS) is 16.1. The second kappa shape index (κ2) is 10.7. The highest BCUT2D eigenvalue weighted by atomic mass is 19.4. The maximum absolute atomic E-state index is 13.1. The molecule has 3 rings (SSSR count). The molecule has 2 aromatic rings. The summed E-state index contributed by atoms with van der Waals surface area (Å²) < 4.78 is 43.2. The number of nitrogens with one attached hydrogen (secondary N) is 1. The number of anilines is 2. The van der Waals surface area contributed by atoms with Crippen LogP contribution < -0.4 is 26.4 Å². The summed E-state index contributed by atoms with van der Waals surface area (Å²) in [4.78, 5) is 37.9. The van der Waals surface area contributed by atoms with Gasteiger partial charge in [0.25, 0.3) is 5.91 Å². The van der Waals surface area contributed by atoms with Gasteiger partial charge in [-0.3, -0.25) is 14.4 Å². The van der Waals surface area contributed by atoms with Crippen LogP contribution in [-0.2, 0) is 9.59 Å². The van der Waals surface area contributed by atoms with Crippen LogP contribution in [0, 0.1) is 0 Å². The lowest BCUT2D eigenvalue weighted by atomic mass is 9.94. The molecule has 0 aliphatic carbocycles. The van der Waals surface area contributed by atoms with E-state index in [1.54, 1.807) is 35.6 Å². The van der Waals surface area contributed by atoms with Crippen LogP contribution in [0.5, 0.6) is 5.75 Å². The maximum Gasteiger partial charge on any atom is 0.405 e. The predicted octanol–water partition coefficient (Wildman–Crippen LogP) is 3.11. The van der Waals surface area contributed by atoms with Crippen LogP contribution in [-0.4, -0.2) is 43.1 Å². The summed E-state index contributed by atoms with van der Waals surface area (Å²) in [5.41, 5.74) is 12.7. The molecule has 0 aromatic heterocycles. The highest BCUT2D eigenvalue weighted by Gasteiger charge is 2.38. The van der Waals surface area contributed by atoms with Crippen LogP contribution in [0.2, 0.25) is 0 Å². The van der Waals surface area contributed by atoms with Crippen molar-refractivity contribution in [1.29, 1.82) is 0 Å². The topological polar surface area (TPSA) is 128 Å². The number of fused-ring (bicyclic) bond motifs is 1. The molecular weight excluding hydrogens is 465 g/mol. The Kier molecular flexibility index (Phi) is 7.88. The third-order valence-corrected chi connectivity index (χ3v) is 5.78. The first kappa shape index (κ1) is 25.9. The number of nitrogen functional groups attached to an aromatic ring is 1. The van der Waals surface area contributed by atoms with Crippen LogP contribution in [0.15, 0.2) is 42.5 Å². The van der Waals surface area contributed by atoms with Gasteiger partial charge in [-0.25, -0.2) is 0 Å². The van der Waals surface area contributed by atoms with Gasteiger partial charge in [0.05, 0.1) is 17.6 Å². The van der Waals surface area contributed by atoms with Crippen LogP contribution in [0.3, 0.4) is 0 Å². The number of amides is 3. The number of para-hydroxylation sites is 1. The van der Waals surface area contributed by atoms with E-state index in [2.05, 4.69) is 0 Å². The van der Waals surface area contributed by atoms with Crippen LogP contribution in [0.4, 0.5) is 24.5 Å². The molecule has 0 fully saturated rings. The van der Waals surface area contributed by atoms with Gasteiger partial charge in [0, 0.05) is 11.4 Å². The Bertz CT molecular complexity index is 1110. The number of carbonyl (C=O) groups excluding carboxylic acids is 3. The highest BCUT2D eigenvalue weighted by Crippen LogP contribution is 2.40. The molecule has 5 N–H and O–H groups in total. The van der Waals surface area contributed by atoms with Crippen molar-refractivity contribution in [2.75, 3.05) is 23.7 Å². The molecule has 1 heterocycles. The second-order valence-electron chi connectivity index (χ2n) is 8.27. The summed E-state index contributed by atoms with van der Waals surface area (Å²) in [6, 6.07) is 11.5. The van der Waals surface area contributed by atoms with Crippen molar-refractivity contribution in [1.82, 2.24) is 5.32 Å². The predicted molar refractivity (Wildman–Crippen MR) is 124 cm³/mol. The molecule has 188 valence electrons. The van der Waals surface area contributed by atoms with Crippen LogP contribution in [0.25, 0.3) is 0 Å². The minimum absolute atomic E-state index is 0.150. The fraction of sp³-hybridized carbons (Fsp3) is 0.375. The van der Waals surface area contributed by atoms with Crippen molar-refractivity contribution >= 4 is 29.1 Å². The molecule has 11 heteroatoms. The van der Waals surface area contributed by atoms with Crippen molar-refractivity contribution in [2.24, 2.45) is 5.73 Å². The smallest absolute Gasteiger partial charge is 0.405 e. The quantitative estimate of drug-likeness (QED) is 0.439. The summed E-state index contributed by atoms with van der Waals surface area (Å²) in [7, 11) is 0. The molecule has 2 unspecified atom stereocenters. The molecular formula is C24H27F3N4O4. The average molecular weight is 492 g/mol. The molecule has 2 aromatic carbocycles. The number of benzene rings is 2. The van der Waals surface area contributed by atoms with Gasteiger partial charge in [-0.2, -0.15) is 13.2 Å². The molecule has 0 spiro atoms. The first-order chi connectivity index (χ1) is 16.5. The van der Waals surface area contributed by atoms with E-state index < -0.39 is 37.0 Å². The number of alkyl halides is 3. The fourth-order valence-electron chi connectivity index (χ4n) is 4.02. The summed E-state index contributed by atoms with van der Waals surface area (Å²) >= 11 is 0. The van der Waals surface area contributed by atoms with Crippen LogP contribution in [0.1, 0.15) is 48.0 Å². The van der Waals surface area contributed by atoms with E-state index in [1.165, 1.54) is 17.0 Å². The van der Waals surface area contributed by atoms with Crippen molar-refractivity contribution in [3.05, 3.63) is 53.6 Å². The average Bonchev–Trinajstić information content (AvgIpc) is 3.06. The summed E-state index contributed by atoms with van der Waals surface area (Å²) in [6.45, 7) is -0.0484. The van der Waals surface area contributed by atoms with E-state index in [0.717, 1.165) is 0 Å². The highest BCUT2D eigenvalue weighted by molar-refractivity contribution is 6.07. The van der Waals surface area contributed by atoms with E-state index in [-0.39, 0.29) is 23.3 Å². The third kappa shape index (κ3) is 6.43. The van der Waals surface area contributed by atoms with E-state index in [0.29, 0.717) is 36.3 Å². The molecule has 0 radical (unpaired) electrons. The molecule has 1 aliphatic heterocycles. The molecule has 0 bridgehead atoms. The van der Waals surface area contributed by atoms with Gasteiger partial charge in [0.15, 0.2) is 0 Å². The monoisotopic (exact) mass is 492 g/mol. The molecule has 35 heavy (non-hydrogen) atoms. The Morgan fingerprint density at radius 1 is 1.20 bits per heavy atom. The van der Waals surface area contributed by atoms with Crippen molar-refractivity contribution in [3.63, 3.8) is 0 Å². The Morgan fingerprint density at radius 3 is 2.57 bits per heavy atom. The van der Waals surface area contributed by atoms with E-state index in [4.69, 9.17) is 16.2 Å². The summed E-state index contributed by atoms with van der Waals surface area (Å²) in [5.74, 6) is -2.07. The number of ether oxygens (including phenoxy) is 1. The number of carbonyl (C=O) groups is 3. The number of halogens is 3. The van der Waals surface area contributed by atoms with Gasteiger partial charge < -0.3 is 26.4 Å². The Morgan fingerprint density at radius 2 is 1.91 bits per heavy atom. The number of hydrogen-bond donors (Lipinski definition) is 3. The number of primary amides is 1. The standard InChI is InChI=1S/C24H27F3N4O4/c1-2-14(35-15-8-10-19(28)18(11-15)22(29)33)7-9-17-16-5-3-4-6-20(16)31(23(17)34)12-21(32)30-13-24(25,26)27/h3-6,8,10-11,14,17H,2,7,9,12-13,28H2,1H3,(H2,29,33)(H,30,32).